The molecule has 2 aliphatic rings. The average molecular weight is 351 g/mol. The SMILES string of the molecule is NC(=O)[C@H]1CCCN(c2nc(-c3ccccc3)nc3c2CCNCC3)C1. The maximum Gasteiger partial charge on any atom is 0.222 e. The minimum absolute atomic E-state index is 0.0987. The Morgan fingerprint density at radius 2 is 1.96 bits per heavy atom. The van der Waals surface area contributed by atoms with Crippen molar-refractivity contribution in [3.8, 4) is 11.4 Å². The number of hydrogen-bond acceptors (Lipinski definition) is 5. The lowest BCUT2D eigenvalue weighted by atomic mass is 9.96. The van der Waals surface area contributed by atoms with E-state index < -0.39 is 0 Å². The highest BCUT2D eigenvalue weighted by molar-refractivity contribution is 5.77. The first-order valence-corrected chi connectivity index (χ1v) is 9.42. The van der Waals surface area contributed by atoms with Crippen molar-refractivity contribution in [2.24, 2.45) is 11.7 Å². The Morgan fingerprint density at radius 1 is 1.15 bits per heavy atom. The van der Waals surface area contributed by atoms with E-state index in [9.17, 15) is 4.79 Å². The van der Waals surface area contributed by atoms with E-state index in [2.05, 4.69) is 10.2 Å². The third-order valence-corrected chi connectivity index (χ3v) is 5.32. The topological polar surface area (TPSA) is 84.1 Å². The van der Waals surface area contributed by atoms with Crippen LogP contribution in [0.15, 0.2) is 30.3 Å². The number of nitrogens with two attached hydrogens (primary N) is 1. The van der Waals surface area contributed by atoms with E-state index in [0.717, 1.165) is 68.2 Å². The number of aromatic nitrogens is 2. The standard InChI is InChI=1S/C20H25N5O/c21-18(26)15-7-4-12-25(13-15)20-16-8-10-22-11-9-17(16)23-19(24-20)14-5-2-1-3-6-14/h1-3,5-6,15,22H,4,7-13H2,(H2,21,26)/t15-/m0/s1. The molecule has 0 aliphatic carbocycles. The first-order valence-electron chi connectivity index (χ1n) is 9.42. The van der Waals surface area contributed by atoms with Gasteiger partial charge in [0.15, 0.2) is 5.82 Å². The first-order chi connectivity index (χ1) is 12.7. The summed E-state index contributed by atoms with van der Waals surface area (Å²) in [7, 11) is 0. The molecule has 0 saturated carbocycles. The van der Waals surface area contributed by atoms with Crippen molar-refractivity contribution in [2.45, 2.75) is 25.7 Å². The number of hydrogen-bond donors (Lipinski definition) is 2. The van der Waals surface area contributed by atoms with Gasteiger partial charge in [0.25, 0.3) is 0 Å². The summed E-state index contributed by atoms with van der Waals surface area (Å²) in [5.74, 6) is 1.45. The lowest BCUT2D eigenvalue weighted by molar-refractivity contribution is -0.122. The maximum absolute atomic E-state index is 11.7. The molecular weight excluding hydrogens is 326 g/mol. The summed E-state index contributed by atoms with van der Waals surface area (Å²) >= 11 is 0. The van der Waals surface area contributed by atoms with E-state index in [-0.39, 0.29) is 11.8 Å². The van der Waals surface area contributed by atoms with Crippen LogP contribution < -0.4 is 16.0 Å². The molecule has 0 unspecified atom stereocenters. The molecule has 1 atom stereocenters. The molecule has 0 bridgehead atoms. The van der Waals surface area contributed by atoms with Crippen molar-refractivity contribution in [1.29, 1.82) is 0 Å². The van der Waals surface area contributed by atoms with Crippen molar-refractivity contribution in [1.82, 2.24) is 15.3 Å². The van der Waals surface area contributed by atoms with Gasteiger partial charge in [0.05, 0.1) is 11.6 Å². The molecule has 4 rings (SSSR count). The van der Waals surface area contributed by atoms with Gasteiger partial charge in [0, 0.05) is 37.2 Å². The van der Waals surface area contributed by atoms with E-state index >= 15 is 0 Å². The van der Waals surface area contributed by atoms with Gasteiger partial charge in [0.2, 0.25) is 5.91 Å². The minimum Gasteiger partial charge on any atom is -0.369 e. The van der Waals surface area contributed by atoms with Crippen molar-refractivity contribution in [3.63, 3.8) is 0 Å². The van der Waals surface area contributed by atoms with Crippen LogP contribution in [0.1, 0.15) is 24.1 Å². The number of fused-ring (bicyclic) bond motifs is 1. The van der Waals surface area contributed by atoms with Gasteiger partial charge in [-0.2, -0.15) is 0 Å². The number of carbonyl (C=O) groups is 1. The molecule has 6 nitrogen and oxygen atoms in total. The van der Waals surface area contributed by atoms with E-state index in [1.165, 1.54) is 5.56 Å². The lowest BCUT2D eigenvalue weighted by Crippen LogP contribution is -2.42. The summed E-state index contributed by atoms with van der Waals surface area (Å²) in [5.41, 5.74) is 8.96. The van der Waals surface area contributed by atoms with Crippen LogP contribution in [0, 0.1) is 5.92 Å². The van der Waals surface area contributed by atoms with Crippen molar-refractivity contribution < 1.29 is 4.79 Å². The van der Waals surface area contributed by atoms with Crippen molar-refractivity contribution in [3.05, 3.63) is 41.6 Å². The predicted molar refractivity (Wildman–Crippen MR) is 102 cm³/mol. The molecule has 3 heterocycles. The fraction of sp³-hybridized carbons (Fsp3) is 0.450. The number of amides is 1. The van der Waals surface area contributed by atoms with Crippen LogP contribution in [0.4, 0.5) is 5.82 Å². The van der Waals surface area contributed by atoms with Gasteiger partial charge in [-0.3, -0.25) is 4.79 Å². The normalized spacial score (nSPS) is 20.3. The van der Waals surface area contributed by atoms with Crippen LogP contribution >= 0.6 is 0 Å². The van der Waals surface area contributed by atoms with E-state index in [4.69, 9.17) is 15.7 Å². The molecule has 1 saturated heterocycles. The Balaban J connectivity index is 1.77. The molecule has 1 aromatic heterocycles. The summed E-state index contributed by atoms with van der Waals surface area (Å²) < 4.78 is 0. The van der Waals surface area contributed by atoms with Gasteiger partial charge in [-0.1, -0.05) is 30.3 Å². The van der Waals surface area contributed by atoms with E-state index in [1.807, 2.05) is 30.3 Å². The molecule has 0 spiro atoms. The number of carbonyl (C=O) groups excluding carboxylic acids is 1. The van der Waals surface area contributed by atoms with E-state index in [1.54, 1.807) is 0 Å². The Labute approximate surface area is 153 Å². The smallest absolute Gasteiger partial charge is 0.222 e. The molecule has 1 amide bonds. The Bertz CT molecular complexity index is 792. The van der Waals surface area contributed by atoms with Gasteiger partial charge >= 0.3 is 0 Å². The van der Waals surface area contributed by atoms with Gasteiger partial charge in [-0.15, -0.1) is 0 Å². The Hall–Kier alpha value is -2.47. The first kappa shape index (κ1) is 17.0. The van der Waals surface area contributed by atoms with Crippen LogP contribution in [0.3, 0.4) is 0 Å². The monoisotopic (exact) mass is 351 g/mol. The van der Waals surface area contributed by atoms with Crippen molar-refractivity contribution in [2.75, 3.05) is 31.1 Å². The fourth-order valence-corrected chi connectivity index (χ4v) is 3.90. The quantitative estimate of drug-likeness (QED) is 0.876. The maximum atomic E-state index is 11.7. The van der Waals surface area contributed by atoms with Crippen molar-refractivity contribution >= 4 is 11.7 Å². The third kappa shape index (κ3) is 3.42. The van der Waals surface area contributed by atoms with Crippen LogP contribution in [-0.2, 0) is 17.6 Å². The number of anilines is 1. The third-order valence-electron chi connectivity index (χ3n) is 5.32. The largest absolute Gasteiger partial charge is 0.369 e. The van der Waals surface area contributed by atoms with Gasteiger partial charge < -0.3 is 16.0 Å². The van der Waals surface area contributed by atoms with E-state index in [0.29, 0.717) is 6.54 Å². The Kier molecular flexibility index (Phi) is 4.84. The molecule has 2 aliphatic heterocycles. The lowest BCUT2D eigenvalue weighted by Gasteiger charge is -2.33. The molecule has 26 heavy (non-hydrogen) atoms. The number of rotatable bonds is 3. The summed E-state index contributed by atoms with van der Waals surface area (Å²) in [6.07, 6.45) is 3.65. The Morgan fingerprint density at radius 3 is 2.77 bits per heavy atom. The van der Waals surface area contributed by atoms with Crippen LogP contribution in [0.2, 0.25) is 0 Å². The molecule has 1 aromatic carbocycles. The summed E-state index contributed by atoms with van der Waals surface area (Å²) in [6, 6.07) is 10.1. The zero-order valence-electron chi connectivity index (χ0n) is 14.9. The summed E-state index contributed by atoms with van der Waals surface area (Å²) in [4.78, 5) is 23.8. The summed E-state index contributed by atoms with van der Waals surface area (Å²) in [5, 5.41) is 3.45. The number of nitrogens with one attached hydrogen (secondary N) is 1. The number of piperidine rings is 1. The molecule has 136 valence electrons. The second-order valence-corrected chi connectivity index (χ2v) is 7.10. The van der Waals surface area contributed by atoms with Crippen LogP contribution in [0.25, 0.3) is 11.4 Å². The highest BCUT2D eigenvalue weighted by atomic mass is 16.1. The zero-order valence-corrected chi connectivity index (χ0v) is 14.9. The molecule has 6 heteroatoms. The zero-order chi connectivity index (χ0) is 17.9. The van der Waals surface area contributed by atoms with Gasteiger partial charge in [-0.25, -0.2) is 9.97 Å². The van der Waals surface area contributed by atoms with Crippen LogP contribution in [-0.4, -0.2) is 42.1 Å². The van der Waals surface area contributed by atoms with Crippen LogP contribution in [0.5, 0.6) is 0 Å². The number of benzene rings is 1. The number of primary amides is 1. The summed E-state index contributed by atoms with van der Waals surface area (Å²) in [6.45, 7) is 3.43. The molecule has 0 radical (unpaired) electrons. The molecular formula is C20H25N5O. The number of nitrogens with zero attached hydrogens (tertiary/aromatic N) is 3. The molecule has 2 aromatic rings. The second-order valence-electron chi connectivity index (χ2n) is 7.10. The highest BCUT2D eigenvalue weighted by Crippen LogP contribution is 2.30. The highest BCUT2D eigenvalue weighted by Gasteiger charge is 2.28. The molecule has 1 fully saturated rings. The van der Waals surface area contributed by atoms with Gasteiger partial charge in [-0.05, 0) is 25.8 Å². The fourth-order valence-electron chi connectivity index (χ4n) is 3.90. The minimum atomic E-state index is -0.209. The predicted octanol–water partition coefficient (Wildman–Crippen LogP) is 1.53. The molecule has 3 N–H and O–H groups in total. The second kappa shape index (κ2) is 7.41. The van der Waals surface area contributed by atoms with Gasteiger partial charge in [0.1, 0.15) is 5.82 Å². The average Bonchev–Trinajstić information content (AvgIpc) is 2.93.